The van der Waals surface area contributed by atoms with Crippen LogP contribution in [0, 0.1) is 11.7 Å². The van der Waals surface area contributed by atoms with Crippen LogP contribution in [0.25, 0.3) is 0 Å². The first kappa shape index (κ1) is 23.1. The van der Waals surface area contributed by atoms with Gasteiger partial charge in [-0.05, 0) is 60.7 Å². The van der Waals surface area contributed by atoms with Gasteiger partial charge in [-0.15, -0.1) is 0 Å². The summed E-state index contributed by atoms with van der Waals surface area (Å²) in [5.74, 6) is 0.967. The Labute approximate surface area is 198 Å². The minimum absolute atomic E-state index is 0.0162. The molecule has 2 aromatic rings. The number of rotatable bonds is 5. The highest BCUT2D eigenvalue weighted by Gasteiger charge is 2.53. The SMILES string of the molecule is CC(C)C1NC2(CCN(S(=O)(=O)c3ccc(F)cc3)CC2)N(Cc2ccc3c(c2)OCO3)C1=O. The van der Waals surface area contributed by atoms with Crippen LogP contribution < -0.4 is 14.8 Å². The van der Waals surface area contributed by atoms with Crippen molar-refractivity contribution in [1.82, 2.24) is 14.5 Å². The predicted molar refractivity (Wildman–Crippen MR) is 122 cm³/mol. The van der Waals surface area contributed by atoms with Gasteiger partial charge in [-0.1, -0.05) is 19.9 Å². The number of amides is 1. The summed E-state index contributed by atoms with van der Waals surface area (Å²) in [6.07, 6.45) is 0.903. The van der Waals surface area contributed by atoms with Crippen molar-refractivity contribution in [1.29, 1.82) is 0 Å². The summed E-state index contributed by atoms with van der Waals surface area (Å²) < 4.78 is 51.8. The molecule has 1 unspecified atom stereocenters. The Bertz CT molecular complexity index is 1190. The molecule has 0 aliphatic carbocycles. The Kier molecular flexibility index (Phi) is 5.78. The Hall–Kier alpha value is -2.69. The number of piperidine rings is 1. The van der Waals surface area contributed by atoms with Crippen LogP contribution in [0.15, 0.2) is 47.4 Å². The van der Waals surface area contributed by atoms with E-state index in [1.54, 1.807) is 0 Å². The van der Waals surface area contributed by atoms with Gasteiger partial charge in [-0.2, -0.15) is 4.31 Å². The molecule has 34 heavy (non-hydrogen) atoms. The summed E-state index contributed by atoms with van der Waals surface area (Å²) in [5, 5.41) is 3.55. The fraction of sp³-hybridized carbons (Fsp3) is 0.458. The molecule has 8 nitrogen and oxygen atoms in total. The molecule has 0 saturated carbocycles. The fourth-order valence-corrected chi connectivity index (χ4v) is 6.42. The van der Waals surface area contributed by atoms with Crippen molar-refractivity contribution < 1.29 is 27.1 Å². The molecule has 1 amide bonds. The van der Waals surface area contributed by atoms with E-state index in [0.29, 0.717) is 30.9 Å². The monoisotopic (exact) mass is 489 g/mol. The summed E-state index contributed by atoms with van der Waals surface area (Å²) in [4.78, 5) is 15.4. The van der Waals surface area contributed by atoms with Crippen molar-refractivity contribution >= 4 is 15.9 Å². The van der Waals surface area contributed by atoms with Crippen LogP contribution >= 0.6 is 0 Å². The van der Waals surface area contributed by atoms with Crippen molar-refractivity contribution in [2.24, 2.45) is 5.92 Å². The van der Waals surface area contributed by atoms with E-state index in [4.69, 9.17) is 9.47 Å². The Balaban J connectivity index is 1.38. The summed E-state index contributed by atoms with van der Waals surface area (Å²) in [6, 6.07) is 10.2. The highest BCUT2D eigenvalue weighted by atomic mass is 32.2. The van der Waals surface area contributed by atoms with Crippen LogP contribution in [0.5, 0.6) is 11.5 Å². The van der Waals surface area contributed by atoms with Crippen molar-refractivity contribution in [3.63, 3.8) is 0 Å². The van der Waals surface area contributed by atoms with Gasteiger partial charge in [-0.3, -0.25) is 10.1 Å². The summed E-state index contributed by atoms with van der Waals surface area (Å²) in [5.41, 5.74) is 0.279. The van der Waals surface area contributed by atoms with E-state index >= 15 is 0 Å². The number of benzene rings is 2. The van der Waals surface area contributed by atoms with Crippen LogP contribution in [-0.2, 0) is 21.4 Å². The molecule has 3 heterocycles. The number of halogens is 1. The van der Waals surface area contributed by atoms with Gasteiger partial charge in [-0.25, -0.2) is 12.8 Å². The minimum Gasteiger partial charge on any atom is -0.454 e. The first-order valence-corrected chi connectivity index (χ1v) is 12.9. The first-order valence-electron chi connectivity index (χ1n) is 11.4. The number of sulfonamides is 1. The van der Waals surface area contributed by atoms with Crippen LogP contribution in [0.4, 0.5) is 4.39 Å². The number of carbonyl (C=O) groups excluding carboxylic acids is 1. The maximum atomic E-state index is 13.4. The average Bonchev–Trinajstić information content (AvgIpc) is 3.38. The number of nitrogens with one attached hydrogen (secondary N) is 1. The van der Waals surface area contributed by atoms with Gasteiger partial charge >= 0.3 is 0 Å². The molecule has 1 N–H and O–H groups in total. The first-order chi connectivity index (χ1) is 16.2. The van der Waals surface area contributed by atoms with Gasteiger partial charge in [0.05, 0.1) is 16.6 Å². The van der Waals surface area contributed by atoms with Crippen LogP contribution in [0.1, 0.15) is 32.3 Å². The Morgan fingerprint density at radius 2 is 1.76 bits per heavy atom. The standard InChI is InChI=1S/C24H28FN3O5S/c1-16(2)22-23(29)28(14-17-3-8-20-21(13-17)33-15-32-20)24(26-22)9-11-27(12-10-24)34(30,31)19-6-4-18(25)5-7-19/h3-8,13,16,22,26H,9-12,14-15H2,1-2H3. The van der Waals surface area contributed by atoms with Gasteiger partial charge in [0.2, 0.25) is 22.7 Å². The third-order valence-electron chi connectivity index (χ3n) is 6.92. The zero-order chi connectivity index (χ0) is 24.1. The number of hydrogen-bond donors (Lipinski definition) is 1. The van der Waals surface area contributed by atoms with E-state index in [9.17, 15) is 17.6 Å². The van der Waals surface area contributed by atoms with E-state index in [1.807, 2.05) is 36.9 Å². The Morgan fingerprint density at radius 1 is 1.09 bits per heavy atom. The Morgan fingerprint density at radius 3 is 2.44 bits per heavy atom. The highest BCUT2D eigenvalue weighted by Crippen LogP contribution is 2.38. The smallest absolute Gasteiger partial charge is 0.243 e. The van der Waals surface area contributed by atoms with Crippen LogP contribution in [-0.4, -0.2) is 55.1 Å². The molecule has 2 aromatic carbocycles. The van der Waals surface area contributed by atoms with Gasteiger partial charge < -0.3 is 14.4 Å². The maximum Gasteiger partial charge on any atom is 0.243 e. The van der Waals surface area contributed by atoms with Gasteiger partial charge in [0.25, 0.3) is 0 Å². The van der Waals surface area contributed by atoms with E-state index < -0.39 is 21.5 Å². The summed E-state index contributed by atoms with van der Waals surface area (Å²) in [6.45, 7) is 5.07. The van der Waals surface area contributed by atoms with Crippen LogP contribution in [0.3, 0.4) is 0 Å². The fourth-order valence-electron chi connectivity index (χ4n) is 4.98. The molecule has 2 saturated heterocycles. The van der Waals surface area contributed by atoms with Gasteiger partial charge in [0, 0.05) is 19.6 Å². The van der Waals surface area contributed by atoms with E-state index in [-0.39, 0.29) is 42.6 Å². The lowest BCUT2D eigenvalue weighted by Crippen LogP contribution is -2.59. The molecule has 2 fully saturated rings. The molecular weight excluding hydrogens is 461 g/mol. The number of nitrogens with zero attached hydrogens (tertiary/aromatic N) is 2. The predicted octanol–water partition coefficient (Wildman–Crippen LogP) is 2.69. The molecule has 5 rings (SSSR count). The molecule has 1 atom stereocenters. The molecule has 0 radical (unpaired) electrons. The quantitative estimate of drug-likeness (QED) is 0.695. The molecule has 3 aliphatic rings. The summed E-state index contributed by atoms with van der Waals surface area (Å²) in [7, 11) is -3.75. The number of carbonyl (C=O) groups is 1. The minimum atomic E-state index is -3.75. The topological polar surface area (TPSA) is 88.2 Å². The lowest BCUT2D eigenvalue weighted by molar-refractivity contribution is -0.134. The zero-order valence-corrected chi connectivity index (χ0v) is 20.0. The average molecular weight is 490 g/mol. The second kappa shape index (κ2) is 8.51. The van der Waals surface area contributed by atoms with Crippen molar-refractivity contribution in [3.8, 4) is 11.5 Å². The molecular formula is C24H28FN3O5S. The third kappa shape index (κ3) is 3.93. The second-order valence-electron chi connectivity index (χ2n) is 9.37. The maximum absolute atomic E-state index is 13.4. The second-order valence-corrected chi connectivity index (χ2v) is 11.3. The molecule has 0 aromatic heterocycles. The van der Waals surface area contributed by atoms with Crippen molar-refractivity contribution in [2.75, 3.05) is 19.9 Å². The summed E-state index contributed by atoms with van der Waals surface area (Å²) >= 11 is 0. The van der Waals surface area contributed by atoms with Crippen molar-refractivity contribution in [3.05, 3.63) is 53.8 Å². The van der Waals surface area contributed by atoms with Crippen LogP contribution in [0.2, 0.25) is 0 Å². The highest BCUT2D eigenvalue weighted by molar-refractivity contribution is 7.89. The van der Waals surface area contributed by atoms with Gasteiger partial charge in [0.15, 0.2) is 11.5 Å². The number of hydrogen-bond acceptors (Lipinski definition) is 6. The normalized spacial score (nSPS) is 22.2. The lowest BCUT2D eigenvalue weighted by Gasteiger charge is -2.44. The largest absolute Gasteiger partial charge is 0.454 e. The molecule has 182 valence electrons. The van der Waals surface area contributed by atoms with Crippen molar-refractivity contribution in [2.45, 2.75) is 49.8 Å². The lowest BCUT2D eigenvalue weighted by atomic mass is 9.96. The van der Waals surface area contributed by atoms with Gasteiger partial charge in [0.1, 0.15) is 5.82 Å². The number of fused-ring (bicyclic) bond motifs is 1. The molecule has 3 aliphatic heterocycles. The third-order valence-corrected chi connectivity index (χ3v) is 8.83. The molecule has 10 heteroatoms. The number of ether oxygens (including phenoxy) is 2. The van der Waals surface area contributed by atoms with E-state index in [0.717, 1.165) is 17.7 Å². The van der Waals surface area contributed by atoms with E-state index in [1.165, 1.54) is 16.4 Å². The molecule has 0 bridgehead atoms. The zero-order valence-electron chi connectivity index (χ0n) is 19.2. The molecule has 1 spiro atoms. The van der Waals surface area contributed by atoms with E-state index in [2.05, 4.69) is 5.32 Å².